The summed E-state index contributed by atoms with van der Waals surface area (Å²) in [7, 11) is 0. The van der Waals surface area contributed by atoms with Gasteiger partial charge in [0.2, 0.25) is 0 Å². The smallest absolute Gasteiger partial charge is 0.266 e. The van der Waals surface area contributed by atoms with Gasteiger partial charge in [0.25, 0.3) is 5.91 Å². The Morgan fingerprint density at radius 3 is 2.64 bits per heavy atom. The third kappa shape index (κ3) is 5.57. The fourth-order valence-corrected chi connectivity index (χ4v) is 3.23. The zero-order valence-corrected chi connectivity index (χ0v) is 18.0. The number of para-hydroxylation sites is 2. The molecule has 0 aliphatic rings. The van der Waals surface area contributed by atoms with Gasteiger partial charge in [0.05, 0.1) is 17.6 Å². The molecule has 0 unspecified atom stereocenters. The van der Waals surface area contributed by atoms with E-state index in [0.717, 1.165) is 16.9 Å². The summed E-state index contributed by atoms with van der Waals surface area (Å²) in [4.78, 5) is 20.2. The Morgan fingerprint density at radius 1 is 1.06 bits per heavy atom. The van der Waals surface area contributed by atoms with E-state index in [2.05, 4.69) is 15.3 Å². The first-order chi connectivity index (χ1) is 16.1. The Kier molecular flexibility index (Phi) is 6.67. The zero-order valence-electron chi connectivity index (χ0n) is 18.0. The van der Waals surface area contributed by atoms with E-state index in [9.17, 15) is 10.1 Å². The van der Waals surface area contributed by atoms with E-state index in [1.54, 1.807) is 48.5 Å². The number of aromatic amines is 1. The number of carbonyl (C=O) groups is 1. The van der Waals surface area contributed by atoms with Crippen molar-refractivity contribution in [1.82, 2.24) is 9.97 Å². The molecular weight excluding hydrogens is 416 g/mol. The van der Waals surface area contributed by atoms with Crippen molar-refractivity contribution in [3.63, 3.8) is 0 Å². The van der Waals surface area contributed by atoms with Gasteiger partial charge in [-0.25, -0.2) is 4.98 Å². The van der Waals surface area contributed by atoms with Gasteiger partial charge in [-0.15, -0.1) is 0 Å². The topological polar surface area (TPSA) is 100 Å². The number of anilines is 1. The van der Waals surface area contributed by atoms with Gasteiger partial charge >= 0.3 is 0 Å². The molecule has 0 radical (unpaired) electrons. The molecule has 0 aliphatic heterocycles. The van der Waals surface area contributed by atoms with Crippen molar-refractivity contribution in [3.8, 4) is 17.6 Å². The van der Waals surface area contributed by atoms with Gasteiger partial charge in [-0.3, -0.25) is 4.79 Å². The van der Waals surface area contributed by atoms with Gasteiger partial charge in [0, 0.05) is 11.8 Å². The summed E-state index contributed by atoms with van der Waals surface area (Å²) in [6.45, 7) is 2.71. The first kappa shape index (κ1) is 21.7. The number of H-pyrrole nitrogens is 1. The second-order valence-electron chi connectivity index (χ2n) is 7.14. The molecule has 0 fully saturated rings. The Morgan fingerprint density at radius 2 is 1.88 bits per heavy atom. The first-order valence-electron chi connectivity index (χ1n) is 10.5. The summed E-state index contributed by atoms with van der Waals surface area (Å²) in [5.74, 6) is 1.55. The Hall–Kier alpha value is -4.57. The lowest BCUT2D eigenvalue weighted by molar-refractivity contribution is -0.112. The highest BCUT2D eigenvalue weighted by molar-refractivity contribution is 6.09. The van der Waals surface area contributed by atoms with Gasteiger partial charge < -0.3 is 19.8 Å². The molecule has 0 atom stereocenters. The third-order valence-corrected chi connectivity index (χ3v) is 4.77. The largest absolute Gasteiger partial charge is 0.494 e. The number of carbonyl (C=O) groups excluding carboxylic acids is 1. The minimum atomic E-state index is -0.489. The molecule has 0 aliphatic carbocycles. The third-order valence-electron chi connectivity index (χ3n) is 4.77. The molecular formula is C26H22N4O3. The Bertz CT molecular complexity index is 1300. The van der Waals surface area contributed by atoms with Crippen LogP contribution in [-0.2, 0) is 11.4 Å². The molecule has 0 saturated heterocycles. The lowest BCUT2D eigenvalue weighted by atomic mass is 10.1. The summed E-state index contributed by atoms with van der Waals surface area (Å²) in [5.41, 5.74) is 3.11. The molecule has 3 aromatic carbocycles. The molecule has 0 spiro atoms. The van der Waals surface area contributed by atoms with Crippen LogP contribution in [0, 0.1) is 11.3 Å². The second-order valence-corrected chi connectivity index (χ2v) is 7.14. The lowest BCUT2D eigenvalue weighted by Gasteiger charge is -2.08. The van der Waals surface area contributed by atoms with Crippen molar-refractivity contribution in [2.75, 3.05) is 11.9 Å². The summed E-state index contributed by atoms with van der Waals surface area (Å²) in [6, 6.07) is 23.9. The van der Waals surface area contributed by atoms with Crippen molar-refractivity contribution in [1.29, 1.82) is 5.26 Å². The molecule has 7 heteroatoms. The minimum absolute atomic E-state index is 0.00671. The van der Waals surface area contributed by atoms with E-state index in [1.807, 2.05) is 37.3 Å². The maximum absolute atomic E-state index is 12.5. The van der Waals surface area contributed by atoms with E-state index in [4.69, 9.17) is 9.47 Å². The number of hydrogen-bond donors (Lipinski definition) is 2. The molecule has 4 rings (SSSR count). The van der Waals surface area contributed by atoms with Crippen LogP contribution in [0.15, 0.2) is 78.4 Å². The summed E-state index contributed by atoms with van der Waals surface area (Å²) >= 11 is 0. The molecule has 2 N–H and O–H groups in total. The Labute approximate surface area is 191 Å². The normalized spacial score (nSPS) is 11.1. The molecule has 1 heterocycles. The summed E-state index contributed by atoms with van der Waals surface area (Å²) in [6.07, 6.45) is 1.53. The van der Waals surface area contributed by atoms with Crippen LogP contribution in [0.4, 0.5) is 5.69 Å². The second kappa shape index (κ2) is 10.2. The maximum Gasteiger partial charge on any atom is 0.266 e. The maximum atomic E-state index is 12.5. The van der Waals surface area contributed by atoms with Crippen LogP contribution < -0.4 is 14.8 Å². The fourth-order valence-electron chi connectivity index (χ4n) is 3.23. The molecule has 0 saturated carbocycles. The molecule has 4 aromatic rings. The first-order valence-corrected chi connectivity index (χ1v) is 10.5. The van der Waals surface area contributed by atoms with Crippen LogP contribution in [0.2, 0.25) is 0 Å². The number of fused-ring (bicyclic) bond motifs is 1. The monoisotopic (exact) mass is 438 g/mol. The van der Waals surface area contributed by atoms with E-state index >= 15 is 0 Å². The van der Waals surface area contributed by atoms with Crippen molar-refractivity contribution < 1.29 is 14.3 Å². The average molecular weight is 438 g/mol. The fraction of sp³-hybridized carbons (Fsp3) is 0.115. The molecule has 1 amide bonds. The number of rotatable bonds is 8. The van der Waals surface area contributed by atoms with Crippen molar-refractivity contribution in [3.05, 3.63) is 89.8 Å². The SMILES string of the molecule is CCOc1cccc(NC(=O)/C(C#N)=C/c2ccc(OCc3nc4ccccc4[nH]3)cc2)c1. The van der Waals surface area contributed by atoms with Crippen LogP contribution in [0.5, 0.6) is 11.5 Å². The minimum Gasteiger partial charge on any atom is -0.494 e. The predicted molar refractivity (Wildman–Crippen MR) is 127 cm³/mol. The lowest BCUT2D eigenvalue weighted by Crippen LogP contribution is -2.13. The van der Waals surface area contributed by atoms with Gasteiger partial charge in [-0.05, 0) is 55.0 Å². The standard InChI is InChI=1S/C26H22N4O3/c1-2-32-22-7-5-6-20(15-22)28-26(31)19(16-27)14-18-10-12-21(13-11-18)33-17-25-29-23-8-3-4-9-24(23)30-25/h3-15H,2,17H2,1H3,(H,28,31)(H,29,30)/b19-14+. The number of nitrogens with zero attached hydrogens (tertiary/aromatic N) is 2. The number of nitriles is 1. The molecule has 1 aromatic heterocycles. The number of hydrogen-bond acceptors (Lipinski definition) is 5. The molecule has 33 heavy (non-hydrogen) atoms. The quantitative estimate of drug-likeness (QED) is 0.295. The van der Waals surface area contributed by atoms with Crippen LogP contribution >= 0.6 is 0 Å². The highest BCUT2D eigenvalue weighted by Gasteiger charge is 2.10. The zero-order chi connectivity index (χ0) is 23.0. The van der Waals surface area contributed by atoms with Crippen LogP contribution in [0.25, 0.3) is 17.1 Å². The van der Waals surface area contributed by atoms with Crippen molar-refractivity contribution in [2.24, 2.45) is 0 Å². The molecule has 164 valence electrons. The van der Waals surface area contributed by atoms with Crippen LogP contribution in [0.3, 0.4) is 0 Å². The van der Waals surface area contributed by atoms with E-state index < -0.39 is 5.91 Å². The highest BCUT2D eigenvalue weighted by Crippen LogP contribution is 2.20. The molecule has 7 nitrogen and oxygen atoms in total. The number of benzene rings is 3. The van der Waals surface area contributed by atoms with Crippen LogP contribution in [-0.4, -0.2) is 22.5 Å². The van der Waals surface area contributed by atoms with E-state index in [-0.39, 0.29) is 5.57 Å². The number of amides is 1. The van der Waals surface area contributed by atoms with Gasteiger partial charge in [0.1, 0.15) is 35.6 Å². The molecule has 0 bridgehead atoms. The number of imidazole rings is 1. The van der Waals surface area contributed by atoms with Gasteiger partial charge in [0.15, 0.2) is 0 Å². The van der Waals surface area contributed by atoms with Crippen LogP contribution in [0.1, 0.15) is 18.3 Å². The summed E-state index contributed by atoms with van der Waals surface area (Å²) in [5, 5.41) is 12.2. The van der Waals surface area contributed by atoms with Gasteiger partial charge in [-0.1, -0.05) is 30.3 Å². The number of ether oxygens (including phenoxy) is 2. The summed E-state index contributed by atoms with van der Waals surface area (Å²) < 4.78 is 11.2. The van der Waals surface area contributed by atoms with Crippen molar-refractivity contribution >= 4 is 28.7 Å². The average Bonchev–Trinajstić information content (AvgIpc) is 3.25. The van der Waals surface area contributed by atoms with E-state index in [0.29, 0.717) is 36.0 Å². The van der Waals surface area contributed by atoms with Crippen molar-refractivity contribution in [2.45, 2.75) is 13.5 Å². The predicted octanol–water partition coefficient (Wildman–Crippen LogP) is 5.09. The highest BCUT2D eigenvalue weighted by atomic mass is 16.5. The van der Waals surface area contributed by atoms with E-state index in [1.165, 1.54) is 6.08 Å². The number of nitrogens with one attached hydrogen (secondary N) is 2. The van der Waals surface area contributed by atoms with Gasteiger partial charge in [-0.2, -0.15) is 5.26 Å². The number of aromatic nitrogens is 2. The Balaban J connectivity index is 1.39.